The molecule has 0 fully saturated rings. The monoisotopic (exact) mass is 488 g/mol. The predicted molar refractivity (Wildman–Crippen MR) is 155 cm³/mol. The van der Waals surface area contributed by atoms with Crippen molar-refractivity contribution in [3.8, 4) is 0 Å². The molecule has 6 nitrogen and oxygen atoms in total. The van der Waals surface area contributed by atoms with Gasteiger partial charge in [-0.15, -0.1) is 0 Å². The molecule has 0 bridgehead atoms. The molecule has 38 heavy (non-hydrogen) atoms. The largest absolute Gasteiger partial charge is 0.254 e. The van der Waals surface area contributed by atoms with Crippen molar-refractivity contribution in [3.05, 3.63) is 121 Å². The Morgan fingerprint density at radius 2 is 0.842 bits per heavy atom. The Morgan fingerprint density at radius 3 is 1.34 bits per heavy atom. The molecule has 4 aromatic heterocycles. The second-order valence-electron chi connectivity index (χ2n) is 8.90. The molecule has 178 valence electrons. The van der Waals surface area contributed by atoms with Crippen molar-refractivity contribution < 1.29 is 0 Å². The summed E-state index contributed by atoms with van der Waals surface area (Å²) in [6.07, 6.45) is 7.12. The third-order valence-corrected chi connectivity index (χ3v) is 6.46. The first-order valence-corrected chi connectivity index (χ1v) is 12.3. The van der Waals surface area contributed by atoms with Gasteiger partial charge in [0.05, 0.1) is 57.3 Å². The van der Waals surface area contributed by atoms with Gasteiger partial charge in [-0.25, -0.2) is 9.97 Å². The number of aliphatic imine (C=N–C) groups is 2. The molecular formula is C32H20N6. The van der Waals surface area contributed by atoms with Crippen LogP contribution in [-0.4, -0.2) is 32.4 Å². The summed E-state index contributed by atoms with van der Waals surface area (Å²) in [5.74, 6) is 0. The van der Waals surface area contributed by atoms with Gasteiger partial charge >= 0.3 is 0 Å². The molecule has 3 aromatic carbocycles. The van der Waals surface area contributed by atoms with Crippen LogP contribution in [0.5, 0.6) is 0 Å². The maximum Gasteiger partial charge on any atom is 0.0972 e. The highest BCUT2D eigenvalue weighted by Gasteiger charge is 2.07. The lowest BCUT2D eigenvalue weighted by Gasteiger charge is -2.05. The molecule has 0 atom stereocenters. The number of nitrogens with zero attached hydrogens (tertiary/aromatic N) is 6. The van der Waals surface area contributed by atoms with Gasteiger partial charge in [0.1, 0.15) is 0 Å². The summed E-state index contributed by atoms with van der Waals surface area (Å²) in [5.41, 5.74) is 6.49. The molecule has 6 heteroatoms. The Hall–Kier alpha value is -5.36. The van der Waals surface area contributed by atoms with Crippen LogP contribution in [0.25, 0.3) is 43.6 Å². The van der Waals surface area contributed by atoms with Crippen molar-refractivity contribution in [1.29, 1.82) is 0 Å². The Balaban J connectivity index is 1.28. The number of hydrogen-bond donors (Lipinski definition) is 0. The minimum Gasteiger partial charge on any atom is -0.254 e. The highest BCUT2D eigenvalue weighted by atomic mass is 14.8. The highest BCUT2D eigenvalue weighted by Crippen LogP contribution is 2.26. The first kappa shape index (κ1) is 21.9. The molecule has 0 unspecified atom stereocenters. The smallest absolute Gasteiger partial charge is 0.0972 e. The maximum atomic E-state index is 4.91. The fraction of sp³-hybridized carbons (Fsp3) is 0. The van der Waals surface area contributed by atoms with Crippen LogP contribution in [0.3, 0.4) is 0 Å². The maximum absolute atomic E-state index is 4.91. The number of rotatable bonds is 4. The molecule has 0 N–H and O–H groups in total. The van der Waals surface area contributed by atoms with Gasteiger partial charge in [-0.05, 0) is 36.4 Å². The van der Waals surface area contributed by atoms with Crippen molar-refractivity contribution >= 4 is 67.4 Å². The average molecular weight is 489 g/mol. The van der Waals surface area contributed by atoms with E-state index in [1.165, 1.54) is 0 Å². The lowest BCUT2D eigenvalue weighted by atomic mass is 10.1. The summed E-state index contributed by atoms with van der Waals surface area (Å²) in [4.78, 5) is 28.2. The lowest BCUT2D eigenvalue weighted by molar-refractivity contribution is 1.33. The van der Waals surface area contributed by atoms with Gasteiger partial charge in [-0.1, -0.05) is 60.7 Å². The van der Waals surface area contributed by atoms with Gasteiger partial charge in [0.15, 0.2) is 0 Å². The van der Waals surface area contributed by atoms with Crippen LogP contribution in [-0.2, 0) is 0 Å². The van der Waals surface area contributed by atoms with E-state index in [1.54, 1.807) is 24.8 Å². The van der Waals surface area contributed by atoms with Gasteiger partial charge < -0.3 is 0 Å². The molecule has 0 aliphatic heterocycles. The first-order chi connectivity index (χ1) is 18.8. The van der Waals surface area contributed by atoms with E-state index in [4.69, 9.17) is 20.0 Å². The number of fused-ring (bicyclic) bond motifs is 5. The highest BCUT2D eigenvalue weighted by molar-refractivity contribution is 6.05. The number of para-hydroxylation sites is 2. The van der Waals surface area contributed by atoms with E-state index in [0.29, 0.717) is 0 Å². The average Bonchev–Trinajstić information content (AvgIpc) is 2.98. The summed E-state index contributed by atoms with van der Waals surface area (Å²) in [6, 6.07) is 32.0. The van der Waals surface area contributed by atoms with Crippen LogP contribution in [0.4, 0.5) is 11.4 Å². The van der Waals surface area contributed by atoms with Crippen molar-refractivity contribution in [2.75, 3.05) is 0 Å². The fourth-order valence-corrected chi connectivity index (χ4v) is 4.60. The normalized spacial score (nSPS) is 12.0. The van der Waals surface area contributed by atoms with Gasteiger partial charge in [0, 0.05) is 33.9 Å². The van der Waals surface area contributed by atoms with E-state index in [2.05, 4.69) is 34.2 Å². The summed E-state index contributed by atoms with van der Waals surface area (Å²) in [6.45, 7) is 0. The minimum atomic E-state index is 0.751. The Labute approximate surface area is 218 Å². The zero-order valence-electron chi connectivity index (χ0n) is 20.2. The van der Waals surface area contributed by atoms with Crippen LogP contribution in [0.2, 0.25) is 0 Å². The standard InChI is InChI=1S/C32H20N6/c1-5-21-7-3-17-33-29(21)27(9-1)35-19-25-15-13-23-11-12-24-14-16-26(38-32(24)31(23)37-25)20-36-28-10-2-6-22-8-4-18-34-30(22)28/h1-20H. The Morgan fingerprint density at radius 1 is 0.421 bits per heavy atom. The van der Waals surface area contributed by atoms with Crippen molar-refractivity contribution in [1.82, 2.24) is 19.9 Å². The van der Waals surface area contributed by atoms with Crippen LogP contribution >= 0.6 is 0 Å². The van der Waals surface area contributed by atoms with Crippen molar-refractivity contribution in [3.63, 3.8) is 0 Å². The number of aromatic nitrogens is 4. The molecule has 7 rings (SSSR count). The third kappa shape index (κ3) is 4.04. The summed E-state index contributed by atoms with van der Waals surface area (Å²) in [5, 5.41) is 4.14. The molecular weight excluding hydrogens is 468 g/mol. The van der Waals surface area contributed by atoms with E-state index in [9.17, 15) is 0 Å². The Kier molecular flexibility index (Phi) is 5.33. The molecule has 4 heterocycles. The van der Waals surface area contributed by atoms with E-state index in [-0.39, 0.29) is 0 Å². The van der Waals surface area contributed by atoms with Crippen LogP contribution in [0, 0.1) is 0 Å². The number of hydrogen-bond acceptors (Lipinski definition) is 6. The van der Waals surface area contributed by atoms with E-state index in [1.807, 2.05) is 72.8 Å². The second kappa shape index (κ2) is 9.26. The van der Waals surface area contributed by atoms with E-state index < -0.39 is 0 Å². The SMILES string of the molecule is C(=Nc1cccc2cccnc12)c1ccc2ccc3ccc(C=Nc4cccc5cccnc45)nc3c2n1. The Bertz CT molecular complexity index is 1890. The molecule has 7 aromatic rings. The third-order valence-electron chi connectivity index (χ3n) is 6.46. The van der Waals surface area contributed by atoms with Crippen LogP contribution in [0.1, 0.15) is 11.4 Å². The van der Waals surface area contributed by atoms with Gasteiger partial charge in [-0.3, -0.25) is 20.0 Å². The van der Waals surface area contributed by atoms with Crippen LogP contribution < -0.4 is 0 Å². The van der Waals surface area contributed by atoms with Gasteiger partial charge in [0.2, 0.25) is 0 Å². The summed E-state index contributed by atoms with van der Waals surface area (Å²) >= 11 is 0. The molecule has 0 aliphatic rings. The van der Waals surface area contributed by atoms with Crippen molar-refractivity contribution in [2.24, 2.45) is 9.98 Å². The fourth-order valence-electron chi connectivity index (χ4n) is 4.60. The molecule has 0 aliphatic carbocycles. The summed E-state index contributed by atoms with van der Waals surface area (Å²) in [7, 11) is 0. The zero-order valence-corrected chi connectivity index (χ0v) is 20.2. The summed E-state index contributed by atoms with van der Waals surface area (Å²) < 4.78 is 0. The quantitative estimate of drug-likeness (QED) is 0.191. The molecule has 0 saturated carbocycles. The first-order valence-electron chi connectivity index (χ1n) is 12.3. The molecule has 0 spiro atoms. The molecule has 0 amide bonds. The zero-order chi connectivity index (χ0) is 25.3. The van der Waals surface area contributed by atoms with Gasteiger partial charge in [-0.2, -0.15) is 0 Å². The van der Waals surface area contributed by atoms with E-state index >= 15 is 0 Å². The predicted octanol–water partition coefficient (Wildman–Crippen LogP) is 7.38. The lowest BCUT2D eigenvalue weighted by Crippen LogP contribution is -1.94. The van der Waals surface area contributed by atoms with Crippen LogP contribution in [0.15, 0.2) is 119 Å². The molecule has 0 radical (unpaired) electrons. The van der Waals surface area contributed by atoms with E-state index in [0.717, 1.165) is 66.4 Å². The number of pyridine rings is 4. The topological polar surface area (TPSA) is 76.3 Å². The number of benzene rings is 3. The molecule has 0 saturated heterocycles. The minimum absolute atomic E-state index is 0.751. The van der Waals surface area contributed by atoms with Crippen molar-refractivity contribution in [2.45, 2.75) is 0 Å². The second-order valence-corrected chi connectivity index (χ2v) is 8.90. The van der Waals surface area contributed by atoms with Gasteiger partial charge in [0.25, 0.3) is 0 Å².